The normalized spacial score (nSPS) is 18.4. The molecule has 1 aliphatic heterocycles. The van der Waals surface area contributed by atoms with Gasteiger partial charge in [-0.3, -0.25) is 10.1 Å². The quantitative estimate of drug-likeness (QED) is 0.486. The highest BCUT2D eigenvalue weighted by Crippen LogP contribution is 2.30. The van der Waals surface area contributed by atoms with Crippen molar-refractivity contribution in [2.45, 2.75) is 24.8 Å². The molecule has 1 aromatic rings. The van der Waals surface area contributed by atoms with Crippen molar-refractivity contribution in [1.82, 2.24) is 0 Å². The lowest BCUT2D eigenvalue weighted by Gasteiger charge is -2.40. The smallest absolute Gasteiger partial charge is 0.269 e. The van der Waals surface area contributed by atoms with E-state index in [0.717, 1.165) is 24.3 Å². The monoisotopic (exact) mass is 328 g/mol. The van der Waals surface area contributed by atoms with Crippen LogP contribution in [0.15, 0.2) is 18.2 Å². The number of rotatable bonds is 3. The second kappa shape index (κ2) is 5.46. The zero-order valence-corrected chi connectivity index (χ0v) is 12.6. The average molecular weight is 329 g/mol. The summed E-state index contributed by atoms with van der Waals surface area (Å²) in [6.45, 7) is 6.37. The van der Waals surface area contributed by atoms with E-state index in [1.807, 2.05) is 6.07 Å². The number of morpholine rings is 1. The summed E-state index contributed by atoms with van der Waals surface area (Å²) in [4.78, 5) is 12.7. The molecule has 0 amide bonds. The molecule has 1 aromatic carbocycles. The Bertz CT molecular complexity index is 491. The molecule has 0 radical (unpaired) electrons. The molecule has 104 valence electrons. The standard InChI is InChI=1S/C13H17BrN2O3/c1-13(2)9-15(5-6-19-13)12-4-3-11(16(17)18)7-10(12)8-14/h3-4,7H,5-6,8-9H2,1-2H3. The molecule has 0 aromatic heterocycles. The molecule has 0 saturated carbocycles. The van der Waals surface area contributed by atoms with Crippen molar-refractivity contribution in [3.8, 4) is 0 Å². The molecule has 19 heavy (non-hydrogen) atoms. The third-order valence-electron chi connectivity index (χ3n) is 3.18. The highest BCUT2D eigenvalue weighted by molar-refractivity contribution is 9.08. The van der Waals surface area contributed by atoms with Gasteiger partial charge in [0.1, 0.15) is 0 Å². The van der Waals surface area contributed by atoms with E-state index in [-0.39, 0.29) is 16.2 Å². The molecular weight excluding hydrogens is 312 g/mol. The van der Waals surface area contributed by atoms with Gasteiger partial charge >= 0.3 is 0 Å². The summed E-state index contributed by atoms with van der Waals surface area (Å²) in [5, 5.41) is 11.4. The minimum atomic E-state index is -0.362. The molecule has 0 spiro atoms. The lowest BCUT2D eigenvalue weighted by molar-refractivity contribution is -0.384. The summed E-state index contributed by atoms with van der Waals surface area (Å²) in [5.41, 5.74) is 1.92. The molecule has 0 unspecified atom stereocenters. The highest BCUT2D eigenvalue weighted by Gasteiger charge is 2.28. The van der Waals surface area contributed by atoms with E-state index in [1.54, 1.807) is 12.1 Å². The fraction of sp³-hybridized carbons (Fsp3) is 0.538. The summed E-state index contributed by atoms with van der Waals surface area (Å²) in [7, 11) is 0. The minimum absolute atomic E-state index is 0.130. The number of non-ortho nitro benzene ring substituents is 1. The molecule has 0 atom stereocenters. The van der Waals surface area contributed by atoms with E-state index >= 15 is 0 Å². The van der Waals surface area contributed by atoms with Gasteiger partial charge in [0.05, 0.1) is 17.1 Å². The zero-order valence-electron chi connectivity index (χ0n) is 11.1. The summed E-state index contributed by atoms with van der Waals surface area (Å²) in [5.74, 6) is 0. The Balaban J connectivity index is 2.31. The van der Waals surface area contributed by atoms with E-state index in [1.165, 1.54) is 0 Å². The molecule has 1 saturated heterocycles. The first-order chi connectivity index (χ1) is 8.93. The van der Waals surface area contributed by atoms with Gasteiger partial charge in [0, 0.05) is 36.2 Å². The molecule has 6 heteroatoms. The van der Waals surface area contributed by atoms with E-state index in [9.17, 15) is 10.1 Å². The molecular formula is C13H17BrN2O3. The number of anilines is 1. The van der Waals surface area contributed by atoms with Crippen LogP contribution >= 0.6 is 15.9 Å². The first kappa shape index (κ1) is 14.3. The van der Waals surface area contributed by atoms with Gasteiger partial charge < -0.3 is 9.64 Å². The minimum Gasteiger partial charge on any atom is -0.372 e. The molecule has 2 rings (SSSR count). The maximum absolute atomic E-state index is 10.8. The maximum Gasteiger partial charge on any atom is 0.269 e. The Hall–Kier alpha value is -1.14. The van der Waals surface area contributed by atoms with Crippen LogP contribution in [-0.4, -0.2) is 30.2 Å². The molecule has 1 heterocycles. The van der Waals surface area contributed by atoms with Crippen LogP contribution in [0.1, 0.15) is 19.4 Å². The molecule has 1 aliphatic rings. The van der Waals surface area contributed by atoms with Gasteiger partial charge in [-0.15, -0.1) is 0 Å². The number of nitro groups is 1. The van der Waals surface area contributed by atoms with Crippen molar-refractivity contribution in [2.24, 2.45) is 0 Å². The van der Waals surface area contributed by atoms with E-state index < -0.39 is 0 Å². The summed E-state index contributed by atoms with van der Waals surface area (Å²) < 4.78 is 5.69. The second-order valence-electron chi connectivity index (χ2n) is 5.23. The van der Waals surface area contributed by atoms with Crippen LogP contribution in [0.5, 0.6) is 0 Å². The Labute approximate surface area is 120 Å². The van der Waals surface area contributed by atoms with E-state index in [4.69, 9.17) is 4.74 Å². The molecule has 0 bridgehead atoms. The van der Waals surface area contributed by atoms with Crippen LogP contribution < -0.4 is 4.90 Å². The molecule has 0 aliphatic carbocycles. The van der Waals surface area contributed by atoms with Gasteiger partial charge in [0.25, 0.3) is 5.69 Å². The Morgan fingerprint density at radius 1 is 1.53 bits per heavy atom. The number of ether oxygens (including phenoxy) is 1. The van der Waals surface area contributed by atoms with Gasteiger partial charge in [-0.05, 0) is 25.5 Å². The SMILES string of the molecule is CC1(C)CN(c2ccc([N+](=O)[O-])cc2CBr)CCO1. The number of halogens is 1. The summed E-state index contributed by atoms with van der Waals surface area (Å²) >= 11 is 3.41. The summed E-state index contributed by atoms with van der Waals surface area (Å²) in [6.07, 6.45) is 0. The number of benzene rings is 1. The summed E-state index contributed by atoms with van der Waals surface area (Å²) in [6, 6.07) is 5.02. The van der Waals surface area contributed by atoms with E-state index in [2.05, 4.69) is 34.7 Å². The van der Waals surface area contributed by atoms with E-state index in [0.29, 0.717) is 11.9 Å². The van der Waals surface area contributed by atoms with Crippen molar-refractivity contribution in [2.75, 3.05) is 24.6 Å². The molecule has 1 fully saturated rings. The fourth-order valence-electron chi connectivity index (χ4n) is 2.32. The molecule has 0 N–H and O–H groups in total. The lowest BCUT2D eigenvalue weighted by atomic mass is 10.1. The van der Waals surface area contributed by atoms with Crippen LogP contribution in [-0.2, 0) is 10.1 Å². The molecule has 5 nitrogen and oxygen atoms in total. The number of nitro benzene ring substituents is 1. The van der Waals surface area contributed by atoms with Crippen LogP contribution in [0.2, 0.25) is 0 Å². The van der Waals surface area contributed by atoms with Crippen LogP contribution in [0.4, 0.5) is 11.4 Å². The third kappa shape index (κ3) is 3.25. The third-order valence-corrected chi connectivity index (χ3v) is 3.79. The van der Waals surface area contributed by atoms with Gasteiger partial charge in [0.15, 0.2) is 0 Å². The van der Waals surface area contributed by atoms with Gasteiger partial charge in [-0.2, -0.15) is 0 Å². The van der Waals surface area contributed by atoms with Gasteiger partial charge in [-0.1, -0.05) is 15.9 Å². The topological polar surface area (TPSA) is 55.6 Å². The Morgan fingerprint density at radius 2 is 2.26 bits per heavy atom. The largest absolute Gasteiger partial charge is 0.372 e. The van der Waals surface area contributed by atoms with Crippen molar-refractivity contribution in [3.05, 3.63) is 33.9 Å². The number of hydrogen-bond donors (Lipinski definition) is 0. The van der Waals surface area contributed by atoms with Gasteiger partial charge in [0.2, 0.25) is 0 Å². The second-order valence-corrected chi connectivity index (χ2v) is 5.79. The Kier molecular flexibility index (Phi) is 4.10. The first-order valence-corrected chi connectivity index (χ1v) is 7.27. The number of hydrogen-bond acceptors (Lipinski definition) is 4. The maximum atomic E-state index is 10.8. The average Bonchev–Trinajstić information content (AvgIpc) is 2.36. The number of alkyl halides is 1. The van der Waals surface area contributed by atoms with Crippen molar-refractivity contribution in [3.63, 3.8) is 0 Å². The first-order valence-electron chi connectivity index (χ1n) is 6.15. The van der Waals surface area contributed by atoms with Gasteiger partial charge in [-0.25, -0.2) is 0 Å². The zero-order chi connectivity index (χ0) is 14.0. The van der Waals surface area contributed by atoms with Crippen LogP contribution in [0, 0.1) is 10.1 Å². The van der Waals surface area contributed by atoms with Crippen molar-refractivity contribution in [1.29, 1.82) is 0 Å². The predicted molar refractivity (Wildman–Crippen MR) is 78.0 cm³/mol. The fourth-order valence-corrected chi connectivity index (χ4v) is 2.77. The van der Waals surface area contributed by atoms with Crippen LogP contribution in [0.25, 0.3) is 0 Å². The Morgan fingerprint density at radius 3 is 2.84 bits per heavy atom. The highest BCUT2D eigenvalue weighted by atomic mass is 79.9. The predicted octanol–water partition coefficient (Wildman–Crippen LogP) is 3.10. The van der Waals surface area contributed by atoms with Crippen molar-refractivity contribution >= 4 is 27.3 Å². The van der Waals surface area contributed by atoms with Crippen molar-refractivity contribution < 1.29 is 9.66 Å². The lowest BCUT2D eigenvalue weighted by Crippen LogP contribution is -2.48. The number of nitrogens with zero attached hydrogens (tertiary/aromatic N) is 2. The van der Waals surface area contributed by atoms with Crippen LogP contribution in [0.3, 0.4) is 0 Å².